The summed E-state index contributed by atoms with van der Waals surface area (Å²) in [5.74, 6) is -1.48. The van der Waals surface area contributed by atoms with Crippen LogP contribution in [0.3, 0.4) is 0 Å². The van der Waals surface area contributed by atoms with Crippen LogP contribution < -0.4 is 5.32 Å². The number of amides is 3. The molecule has 0 aliphatic carbocycles. The summed E-state index contributed by atoms with van der Waals surface area (Å²) in [6.07, 6.45) is 2.25. The standard InChI is InChI=1S/C21H20N2O5S/c1-29-12-11-17(22-18(24)14-7-3-2-4-8-14)21(27)28-13-23-19(25)15-9-5-6-10-16(15)20(23)26/h2-10,17H,11-13H2,1H3,(H,22,24). The number of hydrogen-bond donors (Lipinski definition) is 1. The van der Waals surface area contributed by atoms with Crippen molar-refractivity contribution in [3.63, 3.8) is 0 Å². The fourth-order valence-electron chi connectivity index (χ4n) is 2.90. The number of thioether (sulfide) groups is 1. The number of rotatable bonds is 8. The highest BCUT2D eigenvalue weighted by Gasteiger charge is 2.36. The second kappa shape index (κ2) is 9.38. The van der Waals surface area contributed by atoms with Crippen molar-refractivity contribution in [2.45, 2.75) is 12.5 Å². The number of carbonyl (C=O) groups excluding carboxylic acids is 4. The zero-order valence-electron chi connectivity index (χ0n) is 15.8. The summed E-state index contributed by atoms with van der Waals surface area (Å²) in [4.78, 5) is 50.6. The molecule has 0 aromatic heterocycles. The third-order valence-electron chi connectivity index (χ3n) is 4.45. The molecule has 7 nitrogen and oxygen atoms in total. The van der Waals surface area contributed by atoms with Gasteiger partial charge < -0.3 is 10.1 Å². The van der Waals surface area contributed by atoms with Crippen molar-refractivity contribution < 1.29 is 23.9 Å². The van der Waals surface area contributed by atoms with Gasteiger partial charge in [-0.2, -0.15) is 11.8 Å². The highest BCUT2D eigenvalue weighted by molar-refractivity contribution is 7.98. The molecule has 0 bridgehead atoms. The maximum absolute atomic E-state index is 12.6. The Bertz CT molecular complexity index is 897. The predicted octanol–water partition coefficient (Wildman–Crippen LogP) is 2.33. The Morgan fingerprint density at radius 3 is 2.17 bits per heavy atom. The largest absolute Gasteiger partial charge is 0.442 e. The third kappa shape index (κ3) is 4.65. The molecule has 150 valence electrons. The predicted molar refractivity (Wildman–Crippen MR) is 109 cm³/mol. The summed E-state index contributed by atoms with van der Waals surface area (Å²) in [5.41, 5.74) is 0.990. The monoisotopic (exact) mass is 412 g/mol. The van der Waals surface area contributed by atoms with Crippen LogP contribution in [0.25, 0.3) is 0 Å². The van der Waals surface area contributed by atoms with Gasteiger partial charge in [0.15, 0.2) is 6.73 Å². The minimum absolute atomic E-state index is 0.282. The van der Waals surface area contributed by atoms with Gasteiger partial charge in [-0.05, 0) is 42.7 Å². The third-order valence-corrected chi connectivity index (χ3v) is 5.09. The van der Waals surface area contributed by atoms with Gasteiger partial charge in [-0.1, -0.05) is 30.3 Å². The summed E-state index contributed by atoms with van der Waals surface area (Å²) >= 11 is 1.53. The summed E-state index contributed by atoms with van der Waals surface area (Å²) in [6, 6.07) is 14.1. The second-order valence-electron chi connectivity index (χ2n) is 6.35. The lowest BCUT2D eigenvalue weighted by atomic mass is 10.1. The van der Waals surface area contributed by atoms with Crippen molar-refractivity contribution in [3.8, 4) is 0 Å². The SMILES string of the molecule is CSCCC(NC(=O)c1ccccc1)C(=O)OCN1C(=O)c2ccccc2C1=O. The Labute approximate surface area is 172 Å². The lowest BCUT2D eigenvalue weighted by molar-refractivity contribution is -0.148. The highest BCUT2D eigenvalue weighted by atomic mass is 32.2. The molecule has 0 saturated carbocycles. The van der Waals surface area contributed by atoms with Crippen LogP contribution in [-0.2, 0) is 9.53 Å². The molecule has 0 fully saturated rings. The molecule has 1 atom stereocenters. The molecule has 0 radical (unpaired) electrons. The number of nitrogens with one attached hydrogen (secondary N) is 1. The Kier molecular flexibility index (Phi) is 6.66. The summed E-state index contributed by atoms with van der Waals surface area (Å²) < 4.78 is 5.22. The Balaban J connectivity index is 1.64. The number of esters is 1. The van der Waals surface area contributed by atoms with E-state index in [2.05, 4.69) is 5.32 Å². The molecule has 2 aromatic carbocycles. The van der Waals surface area contributed by atoms with Gasteiger partial charge >= 0.3 is 5.97 Å². The van der Waals surface area contributed by atoms with E-state index in [1.54, 1.807) is 54.6 Å². The minimum Gasteiger partial charge on any atom is -0.442 e. The van der Waals surface area contributed by atoms with E-state index in [-0.39, 0.29) is 11.1 Å². The minimum atomic E-state index is -0.884. The summed E-state index contributed by atoms with van der Waals surface area (Å²) in [5, 5.41) is 2.67. The van der Waals surface area contributed by atoms with Crippen LogP contribution in [-0.4, -0.2) is 53.4 Å². The van der Waals surface area contributed by atoms with E-state index >= 15 is 0 Å². The van der Waals surface area contributed by atoms with E-state index in [1.165, 1.54) is 11.8 Å². The zero-order chi connectivity index (χ0) is 20.8. The number of hydrogen-bond acceptors (Lipinski definition) is 6. The maximum Gasteiger partial charge on any atom is 0.330 e. The normalized spacial score (nSPS) is 13.8. The zero-order valence-corrected chi connectivity index (χ0v) is 16.6. The van der Waals surface area contributed by atoms with E-state index < -0.39 is 36.5 Å². The molecule has 0 saturated heterocycles. The molecule has 29 heavy (non-hydrogen) atoms. The van der Waals surface area contributed by atoms with Crippen LogP contribution in [0.4, 0.5) is 0 Å². The molecule has 1 unspecified atom stereocenters. The molecule has 1 aliphatic rings. The van der Waals surface area contributed by atoms with Crippen LogP contribution in [0, 0.1) is 0 Å². The van der Waals surface area contributed by atoms with E-state index in [4.69, 9.17) is 4.74 Å². The number of fused-ring (bicyclic) bond motifs is 1. The van der Waals surface area contributed by atoms with Crippen molar-refractivity contribution in [2.75, 3.05) is 18.7 Å². The molecule has 2 aromatic rings. The fraction of sp³-hybridized carbons (Fsp3) is 0.238. The Hall–Kier alpha value is -3.13. The lowest BCUT2D eigenvalue weighted by Gasteiger charge is -2.20. The average molecular weight is 412 g/mol. The number of ether oxygens (including phenoxy) is 1. The van der Waals surface area contributed by atoms with Gasteiger partial charge in [0, 0.05) is 5.56 Å². The Morgan fingerprint density at radius 2 is 1.59 bits per heavy atom. The molecule has 8 heteroatoms. The van der Waals surface area contributed by atoms with Gasteiger partial charge in [-0.25, -0.2) is 9.69 Å². The molecule has 1 aliphatic heterocycles. The molecule has 3 rings (SSSR count). The second-order valence-corrected chi connectivity index (χ2v) is 7.34. The highest BCUT2D eigenvalue weighted by Crippen LogP contribution is 2.22. The van der Waals surface area contributed by atoms with Crippen LogP contribution in [0.5, 0.6) is 0 Å². The van der Waals surface area contributed by atoms with Gasteiger partial charge in [-0.15, -0.1) is 0 Å². The number of imide groups is 1. The van der Waals surface area contributed by atoms with E-state index in [9.17, 15) is 19.2 Å². The van der Waals surface area contributed by atoms with Crippen molar-refractivity contribution in [1.82, 2.24) is 10.2 Å². The molecular formula is C21H20N2O5S. The molecule has 1 heterocycles. The number of carbonyl (C=O) groups is 4. The van der Waals surface area contributed by atoms with Gasteiger partial charge in [0.2, 0.25) is 0 Å². The van der Waals surface area contributed by atoms with Crippen molar-refractivity contribution >= 4 is 35.5 Å². The van der Waals surface area contributed by atoms with Crippen molar-refractivity contribution in [3.05, 3.63) is 71.3 Å². The molecule has 3 amide bonds. The quantitative estimate of drug-likeness (QED) is 0.528. The van der Waals surface area contributed by atoms with Gasteiger partial charge in [0.25, 0.3) is 17.7 Å². The molecule has 0 spiro atoms. The lowest BCUT2D eigenvalue weighted by Crippen LogP contribution is -2.44. The first kappa shape index (κ1) is 20.6. The van der Waals surface area contributed by atoms with Gasteiger partial charge in [0.05, 0.1) is 11.1 Å². The van der Waals surface area contributed by atoms with Crippen LogP contribution in [0.15, 0.2) is 54.6 Å². The van der Waals surface area contributed by atoms with E-state index in [1.807, 2.05) is 6.26 Å². The number of benzene rings is 2. The van der Waals surface area contributed by atoms with Crippen LogP contribution in [0.1, 0.15) is 37.5 Å². The van der Waals surface area contributed by atoms with Gasteiger partial charge in [-0.3, -0.25) is 14.4 Å². The van der Waals surface area contributed by atoms with Crippen molar-refractivity contribution in [2.24, 2.45) is 0 Å². The van der Waals surface area contributed by atoms with Gasteiger partial charge in [0.1, 0.15) is 6.04 Å². The molecular weight excluding hydrogens is 392 g/mol. The van der Waals surface area contributed by atoms with Crippen molar-refractivity contribution in [1.29, 1.82) is 0 Å². The molecule has 1 N–H and O–H groups in total. The average Bonchev–Trinajstić information content (AvgIpc) is 3.00. The van der Waals surface area contributed by atoms with Crippen LogP contribution >= 0.6 is 11.8 Å². The fourth-order valence-corrected chi connectivity index (χ4v) is 3.37. The topological polar surface area (TPSA) is 92.8 Å². The smallest absolute Gasteiger partial charge is 0.330 e. The number of nitrogens with zero attached hydrogens (tertiary/aromatic N) is 1. The van der Waals surface area contributed by atoms with Crippen LogP contribution in [0.2, 0.25) is 0 Å². The first-order valence-corrected chi connectivity index (χ1v) is 10.4. The summed E-state index contributed by atoms with van der Waals surface area (Å²) in [7, 11) is 0. The van der Waals surface area contributed by atoms with E-state index in [0.717, 1.165) is 4.90 Å². The first-order chi connectivity index (χ1) is 14.0. The first-order valence-electron chi connectivity index (χ1n) is 8.99. The van der Waals surface area contributed by atoms with E-state index in [0.29, 0.717) is 17.7 Å². The summed E-state index contributed by atoms with van der Waals surface area (Å²) in [6.45, 7) is -0.498. The Morgan fingerprint density at radius 1 is 1.00 bits per heavy atom. The maximum atomic E-state index is 12.6.